The lowest BCUT2D eigenvalue weighted by atomic mass is 10.2. The van der Waals surface area contributed by atoms with E-state index in [1.165, 1.54) is 0 Å². The van der Waals surface area contributed by atoms with Crippen LogP contribution in [0.4, 0.5) is 0 Å². The number of carbonyl (C=O) groups excluding carboxylic acids is 1. The van der Waals surface area contributed by atoms with Crippen molar-refractivity contribution in [3.8, 4) is 11.5 Å². The van der Waals surface area contributed by atoms with Crippen LogP contribution in [0.3, 0.4) is 0 Å². The highest BCUT2D eigenvalue weighted by atomic mass is 16.5. The number of fused-ring (bicyclic) bond motifs is 1. The van der Waals surface area contributed by atoms with Crippen LogP contribution >= 0.6 is 0 Å². The van der Waals surface area contributed by atoms with Gasteiger partial charge in [-0.3, -0.25) is 4.79 Å². The van der Waals surface area contributed by atoms with Crippen molar-refractivity contribution in [2.45, 2.75) is 20.4 Å². The van der Waals surface area contributed by atoms with E-state index in [0.717, 1.165) is 10.3 Å². The molecule has 0 unspecified atom stereocenters. The molecular weight excluding hydrogens is 356 g/mol. The van der Waals surface area contributed by atoms with Gasteiger partial charge in [-0.1, -0.05) is 30.3 Å². The lowest BCUT2D eigenvalue weighted by Crippen LogP contribution is -2.36. The predicted octanol–water partition coefficient (Wildman–Crippen LogP) is 3.07. The van der Waals surface area contributed by atoms with E-state index < -0.39 is 5.91 Å². The van der Waals surface area contributed by atoms with Gasteiger partial charge in [-0.15, -0.1) is 0 Å². The second-order valence-corrected chi connectivity index (χ2v) is 6.40. The summed E-state index contributed by atoms with van der Waals surface area (Å²) >= 11 is 0. The number of rotatable bonds is 4. The summed E-state index contributed by atoms with van der Waals surface area (Å²) in [6, 6.07) is 16.5. The SMILES string of the molecule is Cc1oc(-c2ccccc2)nc1CNC(=O)c1nc2ccccc2[n+]([O-])c1C. The molecule has 28 heavy (non-hydrogen) atoms. The summed E-state index contributed by atoms with van der Waals surface area (Å²) in [4.78, 5) is 21.5. The summed E-state index contributed by atoms with van der Waals surface area (Å²) in [5, 5.41) is 15.2. The Hall–Kier alpha value is -3.74. The number of aromatic nitrogens is 3. The minimum atomic E-state index is -0.434. The van der Waals surface area contributed by atoms with Crippen LogP contribution in [0.1, 0.15) is 27.6 Å². The van der Waals surface area contributed by atoms with Crippen molar-refractivity contribution in [1.82, 2.24) is 15.3 Å². The fourth-order valence-electron chi connectivity index (χ4n) is 2.97. The van der Waals surface area contributed by atoms with E-state index in [1.54, 1.807) is 38.1 Å². The Morgan fingerprint density at radius 1 is 1.07 bits per heavy atom. The van der Waals surface area contributed by atoms with E-state index in [-0.39, 0.29) is 17.9 Å². The van der Waals surface area contributed by atoms with Crippen LogP contribution in [-0.2, 0) is 6.54 Å². The molecule has 4 aromatic rings. The Bertz CT molecular complexity index is 1170. The van der Waals surface area contributed by atoms with E-state index in [4.69, 9.17) is 4.42 Å². The number of hydrogen-bond donors (Lipinski definition) is 1. The zero-order valence-electron chi connectivity index (χ0n) is 15.5. The molecule has 0 radical (unpaired) electrons. The van der Waals surface area contributed by atoms with Crippen molar-refractivity contribution in [3.05, 3.63) is 82.6 Å². The first-order chi connectivity index (χ1) is 13.5. The number of hydrogen-bond acceptors (Lipinski definition) is 5. The van der Waals surface area contributed by atoms with Gasteiger partial charge in [0, 0.05) is 18.6 Å². The summed E-state index contributed by atoms with van der Waals surface area (Å²) in [7, 11) is 0. The Morgan fingerprint density at radius 2 is 1.79 bits per heavy atom. The van der Waals surface area contributed by atoms with Gasteiger partial charge in [0.2, 0.25) is 17.1 Å². The highest BCUT2D eigenvalue weighted by Crippen LogP contribution is 2.21. The highest BCUT2D eigenvalue weighted by Gasteiger charge is 2.21. The third kappa shape index (κ3) is 3.18. The third-order valence-corrected chi connectivity index (χ3v) is 4.52. The largest absolute Gasteiger partial charge is 0.618 e. The van der Waals surface area contributed by atoms with Crippen LogP contribution in [0.25, 0.3) is 22.5 Å². The number of benzene rings is 2. The maximum Gasteiger partial charge on any atom is 0.276 e. The molecule has 0 aliphatic carbocycles. The predicted molar refractivity (Wildman–Crippen MR) is 103 cm³/mol. The molecule has 2 aromatic heterocycles. The number of oxazole rings is 1. The molecule has 0 bridgehead atoms. The first kappa shape index (κ1) is 17.7. The molecule has 0 atom stereocenters. The molecule has 7 heteroatoms. The number of nitrogens with zero attached hydrogens (tertiary/aromatic N) is 3. The van der Waals surface area contributed by atoms with Crippen LogP contribution in [-0.4, -0.2) is 15.9 Å². The van der Waals surface area contributed by atoms with Crippen LogP contribution < -0.4 is 10.0 Å². The van der Waals surface area contributed by atoms with Crippen LogP contribution in [0.15, 0.2) is 59.0 Å². The number of carbonyl (C=O) groups is 1. The van der Waals surface area contributed by atoms with Gasteiger partial charge in [0.05, 0.1) is 6.54 Å². The number of para-hydroxylation sites is 2. The molecule has 0 fully saturated rings. The molecule has 1 amide bonds. The molecule has 7 nitrogen and oxygen atoms in total. The molecule has 0 spiro atoms. The van der Waals surface area contributed by atoms with Crippen LogP contribution in [0.2, 0.25) is 0 Å². The normalized spacial score (nSPS) is 10.9. The second-order valence-electron chi connectivity index (χ2n) is 6.40. The fourth-order valence-corrected chi connectivity index (χ4v) is 2.97. The molecule has 4 rings (SSSR count). The minimum absolute atomic E-state index is 0.0955. The molecule has 0 aliphatic rings. The Balaban J connectivity index is 1.56. The van der Waals surface area contributed by atoms with Crippen LogP contribution in [0, 0.1) is 19.1 Å². The molecular formula is C21H18N4O3. The van der Waals surface area contributed by atoms with Gasteiger partial charge in [-0.05, 0) is 25.1 Å². The maximum absolute atomic E-state index is 12.6. The average Bonchev–Trinajstić information content (AvgIpc) is 3.10. The highest BCUT2D eigenvalue weighted by molar-refractivity contribution is 5.94. The average molecular weight is 374 g/mol. The van der Waals surface area contributed by atoms with Gasteiger partial charge in [-0.25, -0.2) is 9.97 Å². The van der Waals surface area contributed by atoms with E-state index in [1.807, 2.05) is 30.3 Å². The lowest BCUT2D eigenvalue weighted by molar-refractivity contribution is -0.584. The molecule has 140 valence electrons. The van der Waals surface area contributed by atoms with Gasteiger partial charge >= 0.3 is 0 Å². The van der Waals surface area contributed by atoms with Crippen molar-refractivity contribution >= 4 is 16.9 Å². The monoisotopic (exact) mass is 374 g/mol. The van der Waals surface area contributed by atoms with Gasteiger partial charge in [-0.2, -0.15) is 4.73 Å². The first-order valence-electron chi connectivity index (χ1n) is 8.83. The first-order valence-corrected chi connectivity index (χ1v) is 8.83. The van der Waals surface area contributed by atoms with Crippen LogP contribution in [0.5, 0.6) is 0 Å². The Labute approximate surface area is 161 Å². The number of nitrogens with one attached hydrogen (secondary N) is 1. The fraction of sp³-hybridized carbons (Fsp3) is 0.143. The summed E-state index contributed by atoms with van der Waals surface area (Å²) in [6.07, 6.45) is 0. The topological polar surface area (TPSA) is 95.0 Å². The molecule has 2 heterocycles. The van der Waals surface area contributed by atoms with Gasteiger partial charge < -0.3 is 14.9 Å². The molecule has 0 aliphatic heterocycles. The van der Waals surface area contributed by atoms with E-state index in [0.29, 0.717) is 28.4 Å². The Morgan fingerprint density at radius 3 is 2.57 bits per heavy atom. The maximum atomic E-state index is 12.6. The molecule has 1 N–H and O–H groups in total. The van der Waals surface area contributed by atoms with Crippen molar-refractivity contribution in [2.75, 3.05) is 0 Å². The third-order valence-electron chi connectivity index (χ3n) is 4.52. The molecule has 2 aromatic carbocycles. The summed E-state index contributed by atoms with van der Waals surface area (Å²) < 4.78 is 6.44. The van der Waals surface area contributed by atoms with Crippen molar-refractivity contribution < 1.29 is 13.9 Å². The van der Waals surface area contributed by atoms with E-state index >= 15 is 0 Å². The second kappa shape index (κ2) is 7.11. The van der Waals surface area contributed by atoms with Gasteiger partial charge in [0.25, 0.3) is 5.91 Å². The van der Waals surface area contributed by atoms with Crippen molar-refractivity contribution in [3.63, 3.8) is 0 Å². The van der Waals surface area contributed by atoms with Crippen molar-refractivity contribution in [1.29, 1.82) is 0 Å². The summed E-state index contributed by atoms with van der Waals surface area (Å²) in [6.45, 7) is 3.55. The Kier molecular flexibility index (Phi) is 4.49. The van der Waals surface area contributed by atoms with E-state index in [2.05, 4.69) is 15.3 Å². The quantitative estimate of drug-likeness (QED) is 0.437. The van der Waals surface area contributed by atoms with Gasteiger partial charge in [0.15, 0.2) is 5.69 Å². The van der Waals surface area contributed by atoms with Crippen molar-refractivity contribution in [2.24, 2.45) is 0 Å². The zero-order valence-corrected chi connectivity index (χ0v) is 15.5. The summed E-state index contributed by atoms with van der Waals surface area (Å²) in [5.74, 6) is 0.692. The van der Waals surface area contributed by atoms with Gasteiger partial charge in [0.1, 0.15) is 17.0 Å². The number of aryl methyl sites for hydroxylation is 1. The minimum Gasteiger partial charge on any atom is -0.618 e. The zero-order chi connectivity index (χ0) is 19.7. The smallest absolute Gasteiger partial charge is 0.276 e. The lowest BCUT2D eigenvalue weighted by Gasteiger charge is -2.09. The summed E-state index contributed by atoms with van der Waals surface area (Å²) in [5.41, 5.74) is 2.73. The number of amides is 1. The molecule has 0 saturated carbocycles. The standard InChI is InChI=1S/C21H18N4O3/c1-13-19(23-16-10-6-7-11-18(16)25(13)27)20(26)22-12-17-14(2)28-21(24-17)15-8-4-3-5-9-15/h3-11H,12H2,1-2H3,(H,22,26). The molecule has 0 saturated heterocycles. The van der Waals surface area contributed by atoms with E-state index in [9.17, 15) is 10.0 Å².